The molecule has 0 fully saturated rings. The van der Waals surface area contributed by atoms with Crippen molar-refractivity contribution in [2.45, 2.75) is 26.2 Å². The van der Waals surface area contributed by atoms with Gasteiger partial charge in [0.2, 0.25) is 0 Å². The molecule has 0 heterocycles. The van der Waals surface area contributed by atoms with E-state index in [2.05, 4.69) is 31.7 Å². The van der Waals surface area contributed by atoms with Crippen molar-refractivity contribution in [3.63, 3.8) is 0 Å². The molecule has 0 aromatic rings. The normalized spacial score (nSPS) is 22.4. The van der Waals surface area contributed by atoms with Crippen LogP contribution in [-0.4, -0.2) is 0 Å². The Morgan fingerprint density at radius 1 is 1.25 bits per heavy atom. The molecule has 0 spiro atoms. The SMILES string of the molecule is C=C1CC=C2C=C(C)CC=C2C1. The molecule has 0 bridgehead atoms. The second-order valence-corrected chi connectivity index (χ2v) is 3.71. The molecule has 62 valence electrons. The molecule has 0 atom stereocenters. The largest absolute Gasteiger partial charge is 0.0992 e. The van der Waals surface area contributed by atoms with Crippen LogP contribution in [-0.2, 0) is 0 Å². The summed E-state index contributed by atoms with van der Waals surface area (Å²) in [6.45, 7) is 6.21. The highest BCUT2D eigenvalue weighted by atomic mass is 14.2. The molecule has 0 saturated carbocycles. The van der Waals surface area contributed by atoms with E-state index in [-0.39, 0.29) is 0 Å². The first-order valence-electron chi connectivity index (χ1n) is 4.49. The number of fused-ring (bicyclic) bond motifs is 1. The minimum absolute atomic E-state index is 1.07. The lowest BCUT2D eigenvalue weighted by Crippen LogP contribution is -2.01. The topological polar surface area (TPSA) is 0 Å². The van der Waals surface area contributed by atoms with E-state index in [4.69, 9.17) is 0 Å². The van der Waals surface area contributed by atoms with Gasteiger partial charge in [-0.3, -0.25) is 0 Å². The van der Waals surface area contributed by atoms with E-state index in [1.807, 2.05) is 0 Å². The molecule has 2 aliphatic carbocycles. The standard InChI is InChI=1S/C12H14/c1-9-3-5-12-8-10(2)4-6-11(12)7-9/h5-6,8H,1,3-4,7H2,2H3. The molecule has 0 nitrogen and oxygen atoms in total. The average Bonchev–Trinajstić information content (AvgIpc) is 2.05. The van der Waals surface area contributed by atoms with E-state index < -0.39 is 0 Å². The number of allylic oxidation sites excluding steroid dienone is 7. The Morgan fingerprint density at radius 2 is 2.08 bits per heavy atom. The lowest BCUT2D eigenvalue weighted by molar-refractivity contribution is 0.982. The van der Waals surface area contributed by atoms with E-state index in [0.717, 1.165) is 19.3 Å². The molecule has 0 unspecified atom stereocenters. The zero-order chi connectivity index (χ0) is 8.55. The Kier molecular flexibility index (Phi) is 1.76. The second kappa shape index (κ2) is 2.78. The maximum absolute atomic E-state index is 4.02. The average molecular weight is 158 g/mol. The molecule has 0 aromatic heterocycles. The minimum atomic E-state index is 1.07. The van der Waals surface area contributed by atoms with Crippen LogP contribution in [0.5, 0.6) is 0 Å². The van der Waals surface area contributed by atoms with Gasteiger partial charge in [-0.25, -0.2) is 0 Å². The molecule has 0 radical (unpaired) electrons. The van der Waals surface area contributed by atoms with Gasteiger partial charge in [-0.1, -0.05) is 36.0 Å². The van der Waals surface area contributed by atoms with Crippen LogP contribution in [0.15, 0.2) is 47.1 Å². The Balaban J connectivity index is 2.34. The molecule has 2 rings (SSSR count). The van der Waals surface area contributed by atoms with Crippen LogP contribution in [0.2, 0.25) is 0 Å². The van der Waals surface area contributed by atoms with E-state index in [9.17, 15) is 0 Å². The van der Waals surface area contributed by atoms with Crippen LogP contribution >= 0.6 is 0 Å². The summed E-state index contributed by atoms with van der Waals surface area (Å²) in [5.74, 6) is 0. The quantitative estimate of drug-likeness (QED) is 0.473. The highest BCUT2D eigenvalue weighted by Gasteiger charge is 2.13. The first-order chi connectivity index (χ1) is 5.75. The van der Waals surface area contributed by atoms with Gasteiger partial charge < -0.3 is 0 Å². The van der Waals surface area contributed by atoms with E-state index in [1.54, 1.807) is 0 Å². The van der Waals surface area contributed by atoms with Crippen LogP contribution in [0.1, 0.15) is 26.2 Å². The van der Waals surface area contributed by atoms with Crippen LogP contribution in [0.4, 0.5) is 0 Å². The molecule has 0 aliphatic heterocycles. The van der Waals surface area contributed by atoms with Gasteiger partial charge in [0.25, 0.3) is 0 Å². The third kappa shape index (κ3) is 1.29. The Bertz CT molecular complexity index is 311. The van der Waals surface area contributed by atoms with Crippen LogP contribution in [0.3, 0.4) is 0 Å². The third-order valence-corrected chi connectivity index (χ3v) is 2.49. The maximum atomic E-state index is 4.02. The van der Waals surface area contributed by atoms with Gasteiger partial charge in [0, 0.05) is 0 Å². The van der Waals surface area contributed by atoms with Crippen molar-refractivity contribution in [3.05, 3.63) is 47.1 Å². The summed E-state index contributed by atoms with van der Waals surface area (Å²) in [4.78, 5) is 0. The van der Waals surface area contributed by atoms with Gasteiger partial charge in [-0.15, -0.1) is 0 Å². The minimum Gasteiger partial charge on any atom is -0.0992 e. The van der Waals surface area contributed by atoms with E-state index >= 15 is 0 Å². The smallest absolute Gasteiger partial charge is 0.00639 e. The fourth-order valence-electron chi connectivity index (χ4n) is 1.78. The molecule has 2 aliphatic rings. The summed E-state index contributed by atoms with van der Waals surface area (Å²) >= 11 is 0. The molecular weight excluding hydrogens is 144 g/mol. The van der Waals surface area contributed by atoms with Crippen molar-refractivity contribution < 1.29 is 0 Å². The van der Waals surface area contributed by atoms with Gasteiger partial charge in [0.15, 0.2) is 0 Å². The summed E-state index contributed by atoms with van der Waals surface area (Å²) in [7, 11) is 0. The zero-order valence-corrected chi connectivity index (χ0v) is 7.56. The number of hydrogen-bond acceptors (Lipinski definition) is 0. The summed E-state index contributed by atoms with van der Waals surface area (Å²) in [6, 6.07) is 0. The van der Waals surface area contributed by atoms with Gasteiger partial charge in [-0.2, -0.15) is 0 Å². The third-order valence-electron chi connectivity index (χ3n) is 2.49. The highest BCUT2D eigenvalue weighted by Crippen LogP contribution is 2.32. The molecular formula is C12H14. The van der Waals surface area contributed by atoms with Crippen LogP contribution in [0.25, 0.3) is 0 Å². The summed E-state index contributed by atoms with van der Waals surface area (Å²) in [5.41, 5.74) is 5.73. The van der Waals surface area contributed by atoms with Gasteiger partial charge in [0.05, 0.1) is 0 Å². The summed E-state index contributed by atoms with van der Waals surface area (Å²) in [5, 5.41) is 0. The number of rotatable bonds is 0. The van der Waals surface area contributed by atoms with Crippen LogP contribution < -0.4 is 0 Å². The molecule has 0 amide bonds. The Hall–Kier alpha value is -1.04. The predicted octanol–water partition coefficient (Wildman–Crippen LogP) is 3.54. The Morgan fingerprint density at radius 3 is 2.92 bits per heavy atom. The van der Waals surface area contributed by atoms with E-state index in [1.165, 1.54) is 22.3 Å². The van der Waals surface area contributed by atoms with Crippen molar-refractivity contribution in [1.29, 1.82) is 0 Å². The Labute approximate surface area is 74.0 Å². The first-order valence-corrected chi connectivity index (χ1v) is 4.49. The summed E-state index contributed by atoms with van der Waals surface area (Å²) in [6.07, 6.45) is 10.2. The monoisotopic (exact) mass is 158 g/mol. The fraction of sp³-hybridized carbons (Fsp3) is 0.333. The van der Waals surface area contributed by atoms with Gasteiger partial charge >= 0.3 is 0 Å². The molecule has 12 heavy (non-hydrogen) atoms. The zero-order valence-electron chi connectivity index (χ0n) is 7.56. The molecule has 0 aromatic carbocycles. The van der Waals surface area contributed by atoms with Crippen molar-refractivity contribution in [2.24, 2.45) is 0 Å². The number of hydrogen-bond donors (Lipinski definition) is 0. The summed E-state index contributed by atoms with van der Waals surface area (Å²) < 4.78 is 0. The van der Waals surface area contributed by atoms with E-state index in [0.29, 0.717) is 0 Å². The highest BCUT2D eigenvalue weighted by molar-refractivity contribution is 5.49. The fourth-order valence-corrected chi connectivity index (χ4v) is 1.78. The lowest BCUT2D eigenvalue weighted by Gasteiger charge is -2.20. The van der Waals surface area contributed by atoms with Crippen molar-refractivity contribution in [1.82, 2.24) is 0 Å². The van der Waals surface area contributed by atoms with Crippen molar-refractivity contribution in [3.8, 4) is 0 Å². The van der Waals surface area contributed by atoms with Gasteiger partial charge in [-0.05, 0) is 37.3 Å². The molecule has 0 N–H and O–H groups in total. The molecule has 0 heteroatoms. The second-order valence-electron chi connectivity index (χ2n) is 3.71. The van der Waals surface area contributed by atoms with Crippen LogP contribution in [0, 0.1) is 0 Å². The van der Waals surface area contributed by atoms with Crippen molar-refractivity contribution in [2.75, 3.05) is 0 Å². The lowest BCUT2D eigenvalue weighted by atomic mass is 9.85. The molecule has 0 saturated heterocycles. The van der Waals surface area contributed by atoms with Crippen molar-refractivity contribution >= 4 is 0 Å². The van der Waals surface area contributed by atoms with Gasteiger partial charge in [0.1, 0.15) is 0 Å². The first kappa shape index (κ1) is 7.60. The predicted molar refractivity (Wildman–Crippen MR) is 52.9 cm³/mol. The maximum Gasteiger partial charge on any atom is -0.00639 e.